The molecular formula is C14H14ClN3O3. The summed E-state index contributed by atoms with van der Waals surface area (Å²) >= 11 is 5.74. The number of hydrogen-bond acceptors (Lipinski definition) is 4. The molecule has 2 heterocycles. The molecule has 0 bridgehead atoms. The lowest BCUT2D eigenvalue weighted by atomic mass is 10.3. The Balaban J connectivity index is 2.16. The highest BCUT2D eigenvalue weighted by Gasteiger charge is 2.09. The van der Waals surface area contributed by atoms with Crippen LogP contribution in [0.15, 0.2) is 41.3 Å². The smallest absolute Gasteiger partial charge is 0.274 e. The maximum atomic E-state index is 12.0. The molecule has 0 unspecified atom stereocenters. The molecule has 0 saturated carbocycles. The summed E-state index contributed by atoms with van der Waals surface area (Å²) in [5.74, 6) is -0.394. The first kappa shape index (κ1) is 15.2. The molecule has 0 fully saturated rings. The van der Waals surface area contributed by atoms with Crippen molar-refractivity contribution in [2.45, 2.75) is 6.54 Å². The summed E-state index contributed by atoms with van der Waals surface area (Å²) in [6.45, 7) is 0.821. The third kappa shape index (κ3) is 4.14. The second-order valence-corrected chi connectivity index (χ2v) is 4.63. The quantitative estimate of drug-likeness (QED) is 0.855. The van der Waals surface area contributed by atoms with Crippen LogP contribution in [0.1, 0.15) is 10.5 Å². The molecule has 0 aliphatic heterocycles. The van der Waals surface area contributed by atoms with Crippen molar-refractivity contribution >= 4 is 23.2 Å². The van der Waals surface area contributed by atoms with Crippen molar-refractivity contribution in [1.29, 1.82) is 0 Å². The van der Waals surface area contributed by atoms with E-state index in [9.17, 15) is 9.59 Å². The Morgan fingerprint density at radius 1 is 1.38 bits per heavy atom. The standard InChI is InChI=1S/C14H14ClN3O3/c1-21-8-7-18-9-10(5-6-13(18)19)16-14(20)11-3-2-4-12(15)17-11/h2-6,9H,7-8H2,1H3,(H,16,20). The molecule has 0 radical (unpaired) electrons. The van der Waals surface area contributed by atoms with Crippen LogP contribution < -0.4 is 10.9 Å². The summed E-state index contributed by atoms with van der Waals surface area (Å²) in [6, 6.07) is 7.71. The Labute approximate surface area is 126 Å². The fraction of sp³-hybridized carbons (Fsp3) is 0.214. The normalized spacial score (nSPS) is 10.4. The number of nitrogens with one attached hydrogen (secondary N) is 1. The first-order valence-corrected chi connectivity index (χ1v) is 6.61. The monoisotopic (exact) mass is 307 g/mol. The number of carbonyl (C=O) groups is 1. The third-order valence-corrected chi connectivity index (χ3v) is 2.94. The molecule has 1 amide bonds. The van der Waals surface area contributed by atoms with Crippen LogP contribution in [0.3, 0.4) is 0 Å². The van der Waals surface area contributed by atoms with Gasteiger partial charge in [-0.05, 0) is 18.2 Å². The summed E-state index contributed by atoms with van der Waals surface area (Å²) < 4.78 is 6.40. The van der Waals surface area contributed by atoms with Gasteiger partial charge >= 0.3 is 0 Å². The Morgan fingerprint density at radius 2 is 2.19 bits per heavy atom. The number of hydrogen-bond donors (Lipinski definition) is 1. The Hall–Kier alpha value is -2.18. The van der Waals surface area contributed by atoms with Gasteiger partial charge in [0, 0.05) is 25.9 Å². The molecule has 0 aliphatic rings. The molecule has 2 aromatic rings. The minimum absolute atomic E-state index is 0.161. The first-order chi connectivity index (χ1) is 10.1. The molecule has 6 nitrogen and oxygen atoms in total. The summed E-state index contributed by atoms with van der Waals surface area (Å²) in [4.78, 5) is 27.6. The second kappa shape index (κ2) is 7.01. The van der Waals surface area contributed by atoms with E-state index >= 15 is 0 Å². The predicted molar refractivity (Wildman–Crippen MR) is 79.8 cm³/mol. The number of methoxy groups -OCH3 is 1. The van der Waals surface area contributed by atoms with E-state index in [4.69, 9.17) is 16.3 Å². The van der Waals surface area contributed by atoms with Gasteiger partial charge in [0.15, 0.2) is 0 Å². The minimum Gasteiger partial charge on any atom is -0.383 e. The van der Waals surface area contributed by atoms with Gasteiger partial charge < -0.3 is 14.6 Å². The van der Waals surface area contributed by atoms with Crippen molar-refractivity contribution in [2.75, 3.05) is 19.0 Å². The maximum absolute atomic E-state index is 12.0. The number of halogens is 1. The SMILES string of the molecule is COCCn1cc(NC(=O)c2cccc(Cl)n2)ccc1=O. The Kier molecular flexibility index (Phi) is 5.08. The van der Waals surface area contributed by atoms with E-state index in [1.807, 2.05) is 0 Å². The average Bonchev–Trinajstić information content (AvgIpc) is 2.47. The molecule has 2 rings (SSSR count). The summed E-state index contributed by atoms with van der Waals surface area (Å²) in [5.41, 5.74) is 0.542. The summed E-state index contributed by atoms with van der Waals surface area (Å²) in [5, 5.41) is 2.91. The van der Waals surface area contributed by atoms with Gasteiger partial charge in [-0.2, -0.15) is 0 Å². The number of amides is 1. The lowest BCUT2D eigenvalue weighted by Crippen LogP contribution is -2.22. The highest BCUT2D eigenvalue weighted by atomic mass is 35.5. The third-order valence-electron chi connectivity index (χ3n) is 2.73. The van der Waals surface area contributed by atoms with Gasteiger partial charge in [0.25, 0.3) is 11.5 Å². The number of ether oxygens (including phenoxy) is 1. The second-order valence-electron chi connectivity index (χ2n) is 4.24. The van der Waals surface area contributed by atoms with Gasteiger partial charge in [-0.25, -0.2) is 4.98 Å². The van der Waals surface area contributed by atoms with E-state index < -0.39 is 5.91 Å². The van der Waals surface area contributed by atoms with E-state index in [1.165, 1.54) is 16.7 Å². The zero-order valence-corrected chi connectivity index (χ0v) is 12.1. The number of anilines is 1. The van der Waals surface area contributed by atoms with Crippen molar-refractivity contribution < 1.29 is 9.53 Å². The van der Waals surface area contributed by atoms with E-state index in [2.05, 4.69) is 10.3 Å². The van der Waals surface area contributed by atoms with Crippen LogP contribution in [-0.4, -0.2) is 29.2 Å². The first-order valence-electron chi connectivity index (χ1n) is 6.23. The average molecular weight is 308 g/mol. The van der Waals surface area contributed by atoms with Crippen molar-refractivity contribution in [3.8, 4) is 0 Å². The highest BCUT2D eigenvalue weighted by Crippen LogP contribution is 2.09. The van der Waals surface area contributed by atoms with Crippen molar-refractivity contribution in [2.24, 2.45) is 0 Å². The number of pyridine rings is 2. The van der Waals surface area contributed by atoms with Crippen LogP contribution in [0, 0.1) is 0 Å². The highest BCUT2D eigenvalue weighted by molar-refractivity contribution is 6.29. The largest absolute Gasteiger partial charge is 0.383 e. The lowest BCUT2D eigenvalue weighted by molar-refractivity contribution is 0.102. The van der Waals surface area contributed by atoms with Gasteiger partial charge in [0.05, 0.1) is 12.3 Å². The van der Waals surface area contributed by atoms with Gasteiger partial charge in [0.2, 0.25) is 0 Å². The molecule has 2 aromatic heterocycles. The van der Waals surface area contributed by atoms with Crippen LogP contribution in [0.2, 0.25) is 5.15 Å². The molecular weight excluding hydrogens is 294 g/mol. The van der Waals surface area contributed by atoms with E-state index in [1.54, 1.807) is 31.5 Å². The zero-order valence-electron chi connectivity index (χ0n) is 11.4. The number of carbonyl (C=O) groups excluding carboxylic acids is 1. The van der Waals surface area contributed by atoms with Crippen LogP contribution in [0.4, 0.5) is 5.69 Å². The topological polar surface area (TPSA) is 73.2 Å². The van der Waals surface area contributed by atoms with Gasteiger partial charge in [-0.1, -0.05) is 17.7 Å². The maximum Gasteiger partial charge on any atom is 0.274 e. The molecule has 0 atom stereocenters. The predicted octanol–water partition coefficient (Wildman–Crippen LogP) is 1.80. The van der Waals surface area contributed by atoms with Crippen molar-refractivity contribution in [1.82, 2.24) is 9.55 Å². The van der Waals surface area contributed by atoms with Crippen molar-refractivity contribution in [3.05, 3.63) is 57.7 Å². The lowest BCUT2D eigenvalue weighted by Gasteiger charge is -2.09. The molecule has 21 heavy (non-hydrogen) atoms. The molecule has 0 saturated heterocycles. The van der Waals surface area contributed by atoms with Crippen LogP contribution >= 0.6 is 11.6 Å². The molecule has 0 aromatic carbocycles. The summed E-state index contributed by atoms with van der Waals surface area (Å²) in [7, 11) is 1.56. The van der Waals surface area contributed by atoms with Crippen LogP contribution in [0.25, 0.3) is 0 Å². The Morgan fingerprint density at radius 3 is 2.90 bits per heavy atom. The van der Waals surface area contributed by atoms with E-state index in [-0.39, 0.29) is 16.4 Å². The fourth-order valence-electron chi connectivity index (χ4n) is 1.70. The molecule has 1 N–H and O–H groups in total. The molecule has 110 valence electrons. The van der Waals surface area contributed by atoms with Gasteiger partial charge in [0.1, 0.15) is 10.8 Å². The molecule has 7 heteroatoms. The van der Waals surface area contributed by atoms with E-state index in [0.29, 0.717) is 18.8 Å². The van der Waals surface area contributed by atoms with E-state index in [0.717, 1.165) is 0 Å². The van der Waals surface area contributed by atoms with Crippen molar-refractivity contribution in [3.63, 3.8) is 0 Å². The number of nitrogens with zero attached hydrogens (tertiary/aromatic N) is 2. The minimum atomic E-state index is -0.394. The molecule has 0 aliphatic carbocycles. The Bertz CT molecular complexity index is 700. The van der Waals surface area contributed by atoms with Gasteiger partial charge in [-0.15, -0.1) is 0 Å². The van der Waals surface area contributed by atoms with Crippen LogP contribution in [-0.2, 0) is 11.3 Å². The van der Waals surface area contributed by atoms with Crippen LogP contribution in [0.5, 0.6) is 0 Å². The zero-order chi connectivity index (χ0) is 15.2. The number of aromatic nitrogens is 2. The van der Waals surface area contributed by atoms with Gasteiger partial charge in [-0.3, -0.25) is 9.59 Å². The summed E-state index contributed by atoms with van der Waals surface area (Å²) in [6.07, 6.45) is 1.56. The molecule has 0 spiro atoms. The fourth-order valence-corrected chi connectivity index (χ4v) is 1.86. The number of rotatable bonds is 5.